The van der Waals surface area contributed by atoms with Crippen LogP contribution in [0.3, 0.4) is 0 Å². The van der Waals surface area contributed by atoms with Gasteiger partial charge in [0.2, 0.25) is 5.89 Å². The van der Waals surface area contributed by atoms with E-state index >= 15 is 0 Å². The van der Waals surface area contributed by atoms with Gasteiger partial charge in [-0.2, -0.15) is 10.2 Å². The van der Waals surface area contributed by atoms with Gasteiger partial charge < -0.3 is 9.73 Å². The normalized spacial score (nSPS) is 11.8. The van der Waals surface area contributed by atoms with Crippen molar-refractivity contribution < 1.29 is 9.21 Å². The Morgan fingerprint density at radius 3 is 2.60 bits per heavy atom. The fourth-order valence-electron chi connectivity index (χ4n) is 3.74. The molecule has 5 aromatic rings. The van der Waals surface area contributed by atoms with E-state index in [0.717, 1.165) is 39.2 Å². The molecule has 4 aromatic heterocycles. The van der Waals surface area contributed by atoms with Gasteiger partial charge in [-0.15, -0.1) is 10.2 Å². The molecule has 0 radical (unpaired) electrons. The van der Waals surface area contributed by atoms with E-state index in [1.807, 2.05) is 69.9 Å². The van der Waals surface area contributed by atoms with Gasteiger partial charge in [0.1, 0.15) is 0 Å². The van der Waals surface area contributed by atoms with Gasteiger partial charge in [-0.25, -0.2) is 9.50 Å². The van der Waals surface area contributed by atoms with Crippen molar-refractivity contribution in [2.24, 2.45) is 7.05 Å². The summed E-state index contributed by atoms with van der Waals surface area (Å²) in [5.74, 6) is -0.0117. The van der Waals surface area contributed by atoms with Crippen LogP contribution in [0, 0.1) is 6.92 Å². The Balaban J connectivity index is 1.39. The van der Waals surface area contributed by atoms with Crippen molar-refractivity contribution in [1.82, 2.24) is 39.9 Å². The molecule has 178 valence electrons. The molecular weight excluding hydrogens is 444 g/mol. The number of carbonyl (C=O) groups excluding carboxylic acids is 1. The summed E-state index contributed by atoms with van der Waals surface area (Å²) in [6, 6.07) is 8.00. The van der Waals surface area contributed by atoms with Crippen LogP contribution in [0.15, 0.2) is 53.5 Å². The molecule has 1 N–H and O–H groups in total. The number of hydrogen-bond donors (Lipinski definition) is 1. The Bertz CT molecular complexity index is 1540. The molecule has 35 heavy (non-hydrogen) atoms. The Labute approximate surface area is 202 Å². The molecule has 5 rings (SSSR count). The predicted molar refractivity (Wildman–Crippen MR) is 130 cm³/mol. The number of fused-ring (bicyclic) bond motifs is 1. The lowest BCUT2D eigenvalue weighted by Crippen LogP contribution is -2.23. The Hall–Kier alpha value is -4.34. The number of aryl methyl sites for hydroxylation is 2. The minimum Gasteiger partial charge on any atom is -0.416 e. The highest BCUT2D eigenvalue weighted by molar-refractivity contribution is 5.89. The maximum atomic E-state index is 12.5. The summed E-state index contributed by atoms with van der Waals surface area (Å²) in [4.78, 5) is 17.4. The van der Waals surface area contributed by atoms with Gasteiger partial charge in [0.25, 0.3) is 0 Å². The third-order valence-corrected chi connectivity index (χ3v) is 5.71. The molecule has 1 aromatic carbocycles. The number of rotatable bonds is 5. The van der Waals surface area contributed by atoms with Crippen LogP contribution >= 0.6 is 0 Å². The first-order valence-electron chi connectivity index (χ1n) is 11.2. The van der Waals surface area contributed by atoms with Gasteiger partial charge in [-0.1, -0.05) is 32.9 Å². The van der Waals surface area contributed by atoms with Crippen LogP contribution in [0.2, 0.25) is 0 Å². The van der Waals surface area contributed by atoms with Crippen molar-refractivity contribution in [2.45, 2.75) is 39.7 Å². The third-order valence-electron chi connectivity index (χ3n) is 5.71. The van der Waals surface area contributed by atoms with E-state index in [1.54, 1.807) is 17.1 Å². The molecule has 0 atom stereocenters. The molecule has 0 aliphatic heterocycles. The van der Waals surface area contributed by atoms with E-state index in [-0.39, 0.29) is 11.3 Å². The molecule has 0 fully saturated rings. The van der Waals surface area contributed by atoms with Gasteiger partial charge in [-0.05, 0) is 30.2 Å². The second-order valence-corrected chi connectivity index (χ2v) is 9.52. The lowest BCUT2D eigenvalue weighted by molar-refractivity contribution is 0.0912. The topological polar surface area (TPSA) is 116 Å². The van der Waals surface area contributed by atoms with Gasteiger partial charge in [-0.3, -0.25) is 9.48 Å². The van der Waals surface area contributed by atoms with Crippen molar-refractivity contribution in [2.75, 3.05) is 0 Å². The summed E-state index contributed by atoms with van der Waals surface area (Å²) >= 11 is 0. The lowest BCUT2D eigenvalue weighted by Gasteiger charge is -2.12. The minimum atomic E-state index is -0.400. The molecule has 1 amide bonds. The maximum Gasteiger partial charge on any atom is 0.309 e. The van der Waals surface area contributed by atoms with E-state index < -0.39 is 5.91 Å². The molecule has 0 bridgehead atoms. The van der Waals surface area contributed by atoms with Crippen LogP contribution in [0.25, 0.3) is 28.0 Å². The highest BCUT2D eigenvalue weighted by Crippen LogP contribution is 2.28. The first kappa shape index (κ1) is 22.5. The van der Waals surface area contributed by atoms with Gasteiger partial charge in [0, 0.05) is 36.3 Å². The Kier molecular flexibility index (Phi) is 5.43. The minimum absolute atomic E-state index is 0.0382. The number of aromatic nitrogens is 7. The number of nitrogens with zero attached hydrogens (tertiary/aromatic N) is 7. The summed E-state index contributed by atoms with van der Waals surface area (Å²) in [7, 11) is 1.87. The van der Waals surface area contributed by atoms with Crippen molar-refractivity contribution in [1.29, 1.82) is 0 Å². The van der Waals surface area contributed by atoms with Gasteiger partial charge >= 0.3 is 11.8 Å². The predicted octanol–water partition coefficient (Wildman–Crippen LogP) is 3.72. The summed E-state index contributed by atoms with van der Waals surface area (Å²) in [5, 5.41) is 19.4. The van der Waals surface area contributed by atoms with E-state index in [2.05, 4.69) is 31.8 Å². The lowest BCUT2D eigenvalue weighted by atomic mass is 9.97. The number of nitrogens with one attached hydrogen (secondary N) is 1. The van der Waals surface area contributed by atoms with Crippen LogP contribution in [0.5, 0.6) is 0 Å². The zero-order valence-corrected chi connectivity index (χ0v) is 20.3. The molecule has 0 saturated carbocycles. The van der Waals surface area contributed by atoms with Crippen LogP contribution in [0.1, 0.15) is 48.5 Å². The maximum absolute atomic E-state index is 12.5. The molecule has 0 aliphatic rings. The largest absolute Gasteiger partial charge is 0.416 e. The monoisotopic (exact) mass is 470 g/mol. The second-order valence-electron chi connectivity index (χ2n) is 9.52. The number of amides is 1. The summed E-state index contributed by atoms with van der Waals surface area (Å²) in [6.45, 7) is 8.20. The highest BCUT2D eigenvalue weighted by atomic mass is 16.4. The molecule has 10 heteroatoms. The van der Waals surface area contributed by atoms with Gasteiger partial charge in [0.15, 0.2) is 0 Å². The van der Waals surface area contributed by atoms with Crippen molar-refractivity contribution >= 4 is 11.4 Å². The zero-order valence-electron chi connectivity index (χ0n) is 20.3. The molecule has 10 nitrogen and oxygen atoms in total. The first-order chi connectivity index (χ1) is 16.7. The van der Waals surface area contributed by atoms with Crippen LogP contribution < -0.4 is 5.32 Å². The van der Waals surface area contributed by atoms with Crippen molar-refractivity contribution in [3.05, 3.63) is 72.0 Å². The van der Waals surface area contributed by atoms with E-state index in [4.69, 9.17) is 9.40 Å². The summed E-state index contributed by atoms with van der Waals surface area (Å²) in [5.41, 5.74) is 6.07. The average molecular weight is 471 g/mol. The van der Waals surface area contributed by atoms with Gasteiger partial charge in [0.05, 0.1) is 35.5 Å². The fourth-order valence-corrected chi connectivity index (χ4v) is 3.74. The Morgan fingerprint density at radius 1 is 1.09 bits per heavy atom. The molecule has 4 heterocycles. The van der Waals surface area contributed by atoms with E-state index in [1.165, 1.54) is 0 Å². The molecular formula is C25H26N8O2. The number of benzene rings is 1. The zero-order chi connectivity index (χ0) is 24.7. The van der Waals surface area contributed by atoms with Crippen LogP contribution in [-0.4, -0.2) is 40.5 Å². The Morgan fingerprint density at radius 2 is 1.91 bits per heavy atom. The molecule has 0 aliphatic carbocycles. The second kappa shape index (κ2) is 8.46. The standard InChI is InChI=1S/C25H26N8O2/c1-15-10-16(6-7-17(15)11-26-22(34)23-30-31-24(35-23)25(2,3)4)21-20-8-9-27-33(20)14-19(29-21)18-12-28-32(5)13-18/h6-10,12-14H,11H2,1-5H3,(H,26,34). The fraction of sp³-hybridized carbons (Fsp3) is 0.280. The van der Waals surface area contributed by atoms with E-state index in [9.17, 15) is 4.79 Å². The molecule has 0 saturated heterocycles. The number of carbonyl (C=O) groups is 1. The third kappa shape index (κ3) is 4.42. The van der Waals surface area contributed by atoms with Crippen molar-refractivity contribution in [3.63, 3.8) is 0 Å². The molecule has 0 unspecified atom stereocenters. The van der Waals surface area contributed by atoms with Crippen LogP contribution in [0.4, 0.5) is 0 Å². The average Bonchev–Trinajstić information content (AvgIpc) is 3.57. The first-order valence-corrected chi connectivity index (χ1v) is 11.2. The number of hydrogen-bond acceptors (Lipinski definition) is 7. The van der Waals surface area contributed by atoms with Crippen molar-refractivity contribution in [3.8, 4) is 22.5 Å². The molecule has 0 spiro atoms. The smallest absolute Gasteiger partial charge is 0.309 e. The summed E-state index contributed by atoms with van der Waals surface area (Å²) in [6.07, 6.45) is 7.36. The summed E-state index contributed by atoms with van der Waals surface area (Å²) < 4.78 is 9.10. The van der Waals surface area contributed by atoms with E-state index in [0.29, 0.717) is 12.4 Å². The highest BCUT2D eigenvalue weighted by Gasteiger charge is 2.24. The quantitative estimate of drug-likeness (QED) is 0.416. The van der Waals surface area contributed by atoms with Crippen LogP contribution in [-0.2, 0) is 19.0 Å². The SMILES string of the molecule is Cc1cc(-c2nc(-c3cnn(C)c3)cn3nccc23)ccc1CNC(=O)c1nnc(C(C)(C)C)o1.